The minimum atomic E-state index is -0.345. The van der Waals surface area contributed by atoms with Gasteiger partial charge in [0.15, 0.2) is 17.8 Å². The first-order chi connectivity index (χ1) is 8.63. The smallest absolute Gasteiger partial charge is 0.299 e. The summed E-state index contributed by atoms with van der Waals surface area (Å²) in [6, 6.07) is 7.69. The van der Waals surface area contributed by atoms with E-state index in [1.807, 2.05) is 31.2 Å². The molecule has 94 valence electrons. The first kappa shape index (κ1) is 12.3. The highest BCUT2D eigenvalue weighted by atomic mass is 16.7. The molecule has 0 aliphatic heterocycles. The number of carbonyl (C=O) groups excluding carboxylic acids is 1. The van der Waals surface area contributed by atoms with Gasteiger partial charge in [-0.05, 0) is 13.0 Å². The van der Waals surface area contributed by atoms with Gasteiger partial charge in [-0.25, -0.2) is 10.0 Å². The summed E-state index contributed by atoms with van der Waals surface area (Å²) >= 11 is 0. The molecule has 1 aromatic heterocycles. The van der Waals surface area contributed by atoms with Crippen LogP contribution in [0.15, 0.2) is 35.1 Å². The van der Waals surface area contributed by atoms with Gasteiger partial charge >= 0.3 is 0 Å². The van der Waals surface area contributed by atoms with Gasteiger partial charge in [0.1, 0.15) is 0 Å². The van der Waals surface area contributed by atoms with Gasteiger partial charge in [0, 0.05) is 12.6 Å². The van der Waals surface area contributed by atoms with Gasteiger partial charge < -0.3 is 4.42 Å². The summed E-state index contributed by atoms with van der Waals surface area (Å²) < 4.78 is 5.31. The van der Waals surface area contributed by atoms with Crippen LogP contribution >= 0.6 is 0 Å². The molecule has 0 N–H and O–H groups in total. The number of oxazole rings is 1. The molecular formula is C13H14N2O3. The Bertz CT molecular complexity index is 563. The lowest BCUT2D eigenvalue weighted by Gasteiger charge is -2.12. The highest BCUT2D eigenvalue weighted by Crippen LogP contribution is 2.24. The standard InChI is InChI=1S/C13H14N2O3/c1-9-5-4-6-10(7-9)12-11(14-8-18-12)13(16)15(2)17-3/h4-8H,1-3H3. The van der Waals surface area contributed by atoms with Crippen LogP contribution in [0.25, 0.3) is 11.3 Å². The van der Waals surface area contributed by atoms with Gasteiger partial charge in [-0.2, -0.15) is 0 Å². The van der Waals surface area contributed by atoms with Crippen molar-refractivity contribution in [2.45, 2.75) is 6.92 Å². The minimum absolute atomic E-state index is 0.241. The maximum atomic E-state index is 12.0. The SMILES string of the molecule is CON(C)C(=O)c1ncoc1-c1cccc(C)c1. The molecule has 2 rings (SSSR count). The second-order valence-electron chi connectivity index (χ2n) is 3.88. The van der Waals surface area contributed by atoms with E-state index >= 15 is 0 Å². The Morgan fingerprint density at radius 3 is 2.89 bits per heavy atom. The highest BCUT2D eigenvalue weighted by molar-refractivity contribution is 5.96. The predicted octanol–water partition coefficient (Wildman–Crippen LogP) is 2.28. The maximum Gasteiger partial charge on any atom is 0.299 e. The second kappa shape index (κ2) is 5.01. The molecule has 1 aromatic carbocycles. The van der Waals surface area contributed by atoms with Crippen molar-refractivity contribution in [1.82, 2.24) is 10.0 Å². The van der Waals surface area contributed by atoms with Crippen molar-refractivity contribution in [3.05, 3.63) is 41.9 Å². The number of aromatic nitrogens is 1. The number of carbonyl (C=O) groups is 1. The number of rotatable bonds is 3. The van der Waals surface area contributed by atoms with Crippen molar-refractivity contribution in [1.29, 1.82) is 0 Å². The van der Waals surface area contributed by atoms with Crippen LogP contribution in [0.2, 0.25) is 0 Å². The zero-order valence-corrected chi connectivity index (χ0v) is 10.5. The zero-order valence-electron chi connectivity index (χ0n) is 10.5. The molecule has 0 saturated heterocycles. The zero-order chi connectivity index (χ0) is 13.1. The van der Waals surface area contributed by atoms with E-state index in [1.165, 1.54) is 20.6 Å². The Kier molecular flexibility index (Phi) is 3.43. The van der Waals surface area contributed by atoms with Gasteiger partial charge in [0.2, 0.25) is 0 Å². The highest BCUT2D eigenvalue weighted by Gasteiger charge is 2.21. The molecule has 0 saturated carbocycles. The van der Waals surface area contributed by atoms with Gasteiger partial charge in [-0.3, -0.25) is 9.63 Å². The quantitative estimate of drug-likeness (QED) is 0.780. The van der Waals surface area contributed by atoms with E-state index in [-0.39, 0.29) is 11.6 Å². The summed E-state index contributed by atoms with van der Waals surface area (Å²) in [5.74, 6) is 0.107. The Balaban J connectivity index is 2.42. The lowest BCUT2D eigenvalue weighted by atomic mass is 10.1. The van der Waals surface area contributed by atoms with Crippen LogP contribution in [0, 0.1) is 6.92 Å². The lowest BCUT2D eigenvalue weighted by molar-refractivity contribution is -0.0759. The fraction of sp³-hybridized carbons (Fsp3) is 0.231. The van der Waals surface area contributed by atoms with E-state index in [2.05, 4.69) is 4.98 Å². The Hall–Kier alpha value is -2.14. The van der Waals surface area contributed by atoms with Crippen molar-refractivity contribution in [2.75, 3.05) is 14.2 Å². The summed E-state index contributed by atoms with van der Waals surface area (Å²) in [6.07, 6.45) is 1.26. The van der Waals surface area contributed by atoms with Gasteiger partial charge in [0.05, 0.1) is 7.11 Å². The van der Waals surface area contributed by atoms with Crippen LogP contribution in [0.4, 0.5) is 0 Å². The summed E-state index contributed by atoms with van der Waals surface area (Å²) in [4.78, 5) is 20.8. The van der Waals surface area contributed by atoms with Crippen molar-refractivity contribution in [2.24, 2.45) is 0 Å². The van der Waals surface area contributed by atoms with Gasteiger partial charge in [-0.1, -0.05) is 23.8 Å². The molecule has 18 heavy (non-hydrogen) atoms. The Labute approximate surface area is 105 Å². The first-order valence-corrected chi connectivity index (χ1v) is 5.46. The fourth-order valence-corrected chi connectivity index (χ4v) is 1.62. The molecule has 1 heterocycles. The lowest BCUT2D eigenvalue weighted by Crippen LogP contribution is -2.26. The molecule has 0 spiro atoms. The van der Waals surface area contributed by atoms with Crippen LogP contribution < -0.4 is 0 Å². The van der Waals surface area contributed by atoms with Gasteiger partial charge in [0.25, 0.3) is 5.91 Å². The number of hydrogen-bond acceptors (Lipinski definition) is 4. The molecule has 0 aliphatic carbocycles. The van der Waals surface area contributed by atoms with Gasteiger partial charge in [-0.15, -0.1) is 0 Å². The third kappa shape index (κ3) is 2.26. The molecule has 2 aromatic rings. The monoisotopic (exact) mass is 246 g/mol. The third-order valence-electron chi connectivity index (χ3n) is 2.61. The van der Waals surface area contributed by atoms with Crippen LogP contribution in [-0.4, -0.2) is 30.1 Å². The Morgan fingerprint density at radius 1 is 1.44 bits per heavy atom. The predicted molar refractivity (Wildman–Crippen MR) is 65.8 cm³/mol. The molecule has 5 heteroatoms. The van der Waals surface area contributed by atoms with E-state index in [9.17, 15) is 4.79 Å². The topological polar surface area (TPSA) is 55.6 Å². The van der Waals surface area contributed by atoms with Crippen LogP contribution in [0.1, 0.15) is 16.1 Å². The van der Waals surface area contributed by atoms with E-state index in [1.54, 1.807) is 0 Å². The molecule has 0 unspecified atom stereocenters. The van der Waals surface area contributed by atoms with E-state index in [0.717, 1.165) is 16.2 Å². The van der Waals surface area contributed by atoms with E-state index in [0.29, 0.717) is 5.76 Å². The number of amides is 1. The average Bonchev–Trinajstić information content (AvgIpc) is 2.86. The second-order valence-corrected chi connectivity index (χ2v) is 3.88. The van der Waals surface area contributed by atoms with Crippen molar-refractivity contribution in [3.8, 4) is 11.3 Å². The molecule has 0 fully saturated rings. The number of benzene rings is 1. The Morgan fingerprint density at radius 2 is 2.22 bits per heavy atom. The largest absolute Gasteiger partial charge is 0.443 e. The van der Waals surface area contributed by atoms with Crippen LogP contribution in [0.3, 0.4) is 0 Å². The third-order valence-corrected chi connectivity index (χ3v) is 2.61. The summed E-state index contributed by atoms with van der Waals surface area (Å²) in [5.41, 5.74) is 2.15. The molecule has 1 amide bonds. The van der Waals surface area contributed by atoms with E-state index in [4.69, 9.17) is 9.25 Å². The first-order valence-electron chi connectivity index (χ1n) is 5.46. The summed E-state index contributed by atoms with van der Waals surface area (Å²) in [6.45, 7) is 1.97. The molecule has 0 radical (unpaired) electrons. The number of nitrogens with zero attached hydrogens (tertiary/aromatic N) is 2. The minimum Gasteiger partial charge on any atom is -0.443 e. The van der Waals surface area contributed by atoms with Crippen LogP contribution in [0.5, 0.6) is 0 Å². The fourth-order valence-electron chi connectivity index (χ4n) is 1.62. The normalized spacial score (nSPS) is 10.4. The molecule has 0 aliphatic rings. The summed E-state index contributed by atoms with van der Waals surface area (Å²) in [7, 11) is 2.95. The molecule has 5 nitrogen and oxygen atoms in total. The summed E-state index contributed by atoms with van der Waals surface area (Å²) in [5, 5.41) is 1.11. The average molecular weight is 246 g/mol. The number of hydrogen-bond donors (Lipinski definition) is 0. The molecule has 0 atom stereocenters. The number of hydroxylamine groups is 2. The maximum absolute atomic E-state index is 12.0. The van der Waals surface area contributed by atoms with E-state index < -0.39 is 0 Å². The van der Waals surface area contributed by atoms with Crippen molar-refractivity contribution < 1.29 is 14.0 Å². The molecule has 0 bridgehead atoms. The number of aryl methyl sites for hydroxylation is 1. The van der Waals surface area contributed by atoms with Crippen molar-refractivity contribution in [3.63, 3.8) is 0 Å². The molecular weight excluding hydrogens is 232 g/mol. The van der Waals surface area contributed by atoms with Crippen molar-refractivity contribution >= 4 is 5.91 Å². The van der Waals surface area contributed by atoms with Crippen LogP contribution in [-0.2, 0) is 4.84 Å².